The van der Waals surface area contributed by atoms with Gasteiger partial charge in [0.15, 0.2) is 0 Å². The van der Waals surface area contributed by atoms with Crippen molar-refractivity contribution in [2.75, 3.05) is 0 Å². The topological polar surface area (TPSA) is 52.6 Å². The highest BCUT2D eigenvalue weighted by Gasteiger charge is 2.52. The molecule has 0 aromatic heterocycles. The Morgan fingerprint density at radius 1 is 1.09 bits per heavy atom. The van der Waals surface area contributed by atoms with E-state index >= 15 is 0 Å². The summed E-state index contributed by atoms with van der Waals surface area (Å²) in [5.74, 6) is -1.64. The van der Waals surface area contributed by atoms with Gasteiger partial charge in [0.2, 0.25) is 0 Å². The summed E-state index contributed by atoms with van der Waals surface area (Å²) < 4.78 is 11.0. The highest BCUT2D eigenvalue weighted by atomic mass is 16.7. The van der Waals surface area contributed by atoms with E-state index in [-0.39, 0.29) is 11.8 Å². The van der Waals surface area contributed by atoms with Crippen molar-refractivity contribution < 1.29 is 19.1 Å². The normalized spacial score (nSPS) is 30.9. The van der Waals surface area contributed by atoms with Gasteiger partial charge in [-0.15, -0.1) is 0 Å². The third kappa shape index (κ3) is 2.29. The number of ether oxygens (including phenoxy) is 2. The Labute approximate surface area is 131 Å². The van der Waals surface area contributed by atoms with Crippen molar-refractivity contribution in [3.63, 3.8) is 0 Å². The summed E-state index contributed by atoms with van der Waals surface area (Å²) in [7, 11) is 0. The summed E-state index contributed by atoms with van der Waals surface area (Å²) in [5.41, 5.74) is 3.58. The molecule has 2 aliphatic carbocycles. The van der Waals surface area contributed by atoms with E-state index in [0.29, 0.717) is 12.3 Å². The molecule has 1 saturated heterocycles. The molecule has 0 N–H and O–H groups in total. The molecule has 3 rings (SSSR count). The molecule has 1 aliphatic heterocycles. The molecule has 0 radical (unpaired) electrons. The molecule has 0 saturated carbocycles. The number of hydrogen-bond acceptors (Lipinski definition) is 4. The Morgan fingerprint density at radius 2 is 1.73 bits per heavy atom. The molecule has 4 nitrogen and oxygen atoms in total. The fourth-order valence-electron chi connectivity index (χ4n) is 3.93. The summed E-state index contributed by atoms with van der Waals surface area (Å²) in [6, 6.07) is 0. The van der Waals surface area contributed by atoms with Gasteiger partial charge in [-0.05, 0) is 43.1 Å². The lowest BCUT2D eigenvalue weighted by atomic mass is 9.63. The quantitative estimate of drug-likeness (QED) is 0.548. The van der Waals surface area contributed by atoms with Gasteiger partial charge in [0.1, 0.15) is 6.42 Å². The molecule has 120 valence electrons. The molecule has 0 aromatic carbocycles. The van der Waals surface area contributed by atoms with Gasteiger partial charge in [0.25, 0.3) is 5.79 Å². The highest BCUT2D eigenvalue weighted by molar-refractivity contribution is 5.93. The molecule has 1 spiro atoms. The minimum absolute atomic E-state index is 0.0873. The average molecular weight is 304 g/mol. The van der Waals surface area contributed by atoms with Gasteiger partial charge in [-0.25, -0.2) is 0 Å². The van der Waals surface area contributed by atoms with Gasteiger partial charge in [0.05, 0.1) is 0 Å². The molecule has 3 aliphatic rings. The zero-order valence-electron chi connectivity index (χ0n) is 13.8. The Kier molecular flexibility index (Phi) is 3.46. The highest BCUT2D eigenvalue weighted by Crippen LogP contribution is 2.53. The van der Waals surface area contributed by atoms with E-state index in [2.05, 4.69) is 26.8 Å². The minimum Gasteiger partial charge on any atom is -0.418 e. The van der Waals surface area contributed by atoms with Crippen molar-refractivity contribution in [3.05, 3.63) is 22.8 Å². The van der Waals surface area contributed by atoms with Crippen LogP contribution in [0.4, 0.5) is 0 Å². The van der Waals surface area contributed by atoms with Crippen LogP contribution in [0.15, 0.2) is 22.8 Å². The SMILES string of the molecule is CC1=C2C=C(C(C)C)CCC2(C)CCC12OC(=O)CC(=O)O2. The monoisotopic (exact) mass is 304 g/mol. The summed E-state index contributed by atoms with van der Waals surface area (Å²) >= 11 is 0. The lowest BCUT2D eigenvalue weighted by Crippen LogP contribution is -2.50. The predicted molar refractivity (Wildman–Crippen MR) is 81.7 cm³/mol. The van der Waals surface area contributed by atoms with Crippen LogP contribution in [0.1, 0.15) is 59.8 Å². The maximum Gasteiger partial charge on any atom is 0.320 e. The van der Waals surface area contributed by atoms with Gasteiger partial charge in [0, 0.05) is 12.0 Å². The molecular weight excluding hydrogens is 280 g/mol. The first-order valence-corrected chi connectivity index (χ1v) is 8.12. The van der Waals surface area contributed by atoms with Crippen LogP contribution in [0.5, 0.6) is 0 Å². The molecule has 1 unspecified atom stereocenters. The molecule has 0 bridgehead atoms. The second kappa shape index (κ2) is 4.97. The number of fused-ring (bicyclic) bond motifs is 1. The third-order valence-corrected chi connectivity index (χ3v) is 5.51. The van der Waals surface area contributed by atoms with E-state index in [1.807, 2.05) is 6.92 Å². The fourth-order valence-corrected chi connectivity index (χ4v) is 3.93. The second-order valence-corrected chi connectivity index (χ2v) is 7.35. The van der Waals surface area contributed by atoms with Crippen LogP contribution < -0.4 is 0 Å². The predicted octanol–water partition coefficient (Wildman–Crippen LogP) is 3.67. The van der Waals surface area contributed by atoms with E-state index in [1.165, 1.54) is 11.1 Å². The lowest BCUT2D eigenvalue weighted by Gasteiger charge is -2.48. The van der Waals surface area contributed by atoms with Crippen molar-refractivity contribution in [1.82, 2.24) is 0 Å². The molecular formula is C18H24O4. The van der Waals surface area contributed by atoms with Gasteiger partial charge in [-0.3, -0.25) is 9.59 Å². The van der Waals surface area contributed by atoms with Crippen LogP contribution in [-0.4, -0.2) is 17.7 Å². The summed E-state index contributed by atoms with van der Waals surface area (Å²) in [5, 5.41) is 0. The Morgan fingerprint density at radius 3 is 2.32 bits per heavy atom. The fraction of sp³-hybridized carbons (Fsp3) is 0.667. The number of hydrogen-bond donors (Lipinski definition) is 0. The average Bonchev–Trinajstić information content (AvgIpc) is 2.42. The Bertz CT molecular complexity index is 580. The van der Waals surface area contributed by atoms with Crippen molar-refractivity contribution in [3.8, 4) is 0 Å². The van der Waals surface area contributed by atoms with Gasteiger partial charge >= 0.3 is 11.9 Å². The van der Waals surface area contributed by atoms with Crippen LogP contribution in [0, 0.1) is 11.3 Å². The first kappa shape index (κ1) is 15.3. The van der Waals surface area contributed by atoms with Gasteiger partial charge in [-0.1, -0.05) is 32.4 Å². The standard InChI is InChI=1S/C18H24O4/c1-11(2)13-5-6-17(4)7-8-18(12(3)14(17)9-13)21-15(19)10-16(20)22-18/h9,11H,5-8,10H2,1-4H3. The van der Waals surface area contributed by atoms with Crippen molar-refractivity contribution in [2.45, 2.75) is 65.6 Å². The molecule has 0 amide bonds. The zero-order chi connectivity index (χ0) is 16.1. The van der Waals surface area contributed by atoms with Crippen LogP contribution >= 0.6 is 0 Å². The largest absolute Gasteiger partial charge is 0.418 e. The Hall–Kier alpha value is -1.58. The van der Waals surface area contributed by atoms with Gasteiger partial charge in [-0.2, -0.15) is 0 Å². The van der Waals surface area contributed by atoms with Crippen LogP contribution in [-0.2, 0) is 19.1 Å². The summed E-state index contributed by atoms with van der Waals surface area (Å²) in [6.45, 7) is 8.60. The molecule has 1 atom stereocenters. The van der Waals surface area contributed by atoms with Crippen molar-refractivity contribution >= 4 is 11.9 Å². The summed E-state index contributed by atoms with van der Waals surface area (Å²) in [4.78, 5) is 23.5. The van der Waals surface area contributed by atoms with Crippen molar-refractivity contribution in [2.24, 2.45) is 11.3 Å². The number of rotatable bonds is 1. The zero-order valence-corrected chi connectivity index (χ0v) is 13.8. The molecule has 0 aromatic rings. The number of carbonyl (C=O) groups excluding carboxylic acids is 2. The first-order valence-electron chi connectivity index (χ1n) is 8.12. The van der Waals surface area contributed by atoms with E-state index in [1.54, 1.807) is 0 Å². The maximum absolute atomic E-state index is 11.7. The van der Waals surface area contributed by atoms with Crippen LogP contribution in [0.25, 0.3) is 0 Å². The number of allylic oxidation sites excluding steroid dienone is 3. The lowest BCUT2D eigenvalue weighted by molar-refractivity contribution is -0.236. The molecule has 4 heteroatoms. The van der Waals surface area contributed by atoms with E-state index in [4.69, 9.17) is 9.47 Å². The summed E-state index contributed by atoms with van der Waals surface area (Å²) in [6.07, 6.45) is 5.60. The molecule has 1 fully saturated rings. The van der Waals surface area contributed by atoms with Crippen LogP contribution in [0.3, 0.4) is 0 Å². The van der Waals surface area contributed by atoms with E-state index in [9.17, 15) is 9.59 Å². The third-order valence-electron chi connectivity index (χ3n) is 5.51. The number of esters is 2. The van der Waals surface area contributed by atoms with Crippen molar-refractivity contribution in [1.29, 1.82) is 0 Å². The van der Waals surface area contributed by atoms with E-state index in [0.717, 1.165) is 24.8 Å². The van der Waals surface area contributed by atoms with E-state index < -0.39 is 17.7 Å². The molecule has 22 heavy (non-hydrogen) atoms. The maximum atomic E-state index is 11.7. The van der Waals surface area contributed by atoms with Crippen LogP contribution in [0.2, 0.25) is 0 Å². The Balaban J connectivity index is 2.09. The minimum atomic E-state index is -1.17. The molecule has 1 heterocycles. The first-order chi connectivity index (χ1) is 10.3. The van der Waals surface area contributed by atoms with Gasteiger partial charge < -0.3 is 9.47 Å². The smallest absolute Gasteiger partial charge is 0.320 e. The number of carbonyl (C=O) groups is 2. The second-order valence-electron chi connectivity index (χ2n) is 7.35.